The van der Waals surface area contributed by atoms with Gasteiger partial charge in [-0.2, -0.15) is 0 Å². The third-order valence-electron chi connectivity index (χ3n) is 5.53. The monoisotopic (exact) mass is 422 g/mol. The highest BCUT2D eigenvalue weighted by Gasteiger charge is 2.39. The molecule has 0 saturated carbocycles. The molecule has 1 fully saturated rings. The maximum Gasteiger partial charge on any atom is 0.303 e. The molecule has 0 radical (unpaired) electrons. The Labute approximate surface area is 181 Å². The lowest BCUT2D eigenvalue weighted by atomic mass is 9.87. The fourth-order valence-corrected chi connectivity index (χ4v) is 3.53. The Morgan fingerprint density at radius 3 is 2.50 bits per heavy atom. The Morgan fingerprint density at radius 2 is 1.90 bits per heavy atom. The van der Waals surface area contributed by atoms with Gasteiger partial charge in [0.15, 0.2) is 0 Å². The third kappa shape index (κ3) is 9.70. The molecule has 1 rings (SSSR count). The van der Waals surface area contributed by atoms with Gasteiger partial charge in [-0.3, -0.25) is 14.4 Å². The van der Waals surface area contributed by atoms with E-state index in [0.29, 0.717) is 32.3 Å². The molecular weight excluding hydrogens is 384 g/mol. The van der Waals surface area contributed by atoms with E-state index < -0.39 is 5.60 Å². The number of rotatable bonds is 10. The van der Waals surface area contributed by atoms with Crippen molar-refractivity contribution in [2.24, 2.45) is 5.92 Å². The Balaban J connectivity index is 2.72. The summed E-state index contributed by atoms with van der Waals surface area (Å²) in [6.45, 7) is 11.3. The lowest BCUT2D eigenvalue weighted by molar-refractivity contribution is -0.167. The van der Waals surface area contributed by atoms with Crippen molar-refractivity contribution in [3.63, 3.8) is 0 Å². The van der Waals surface area contributed by atoms with Crippen LogP contribution in [0.3, 0.4) is 0 Å². The Kier molecular flexibility index (Phi) is 11.0. The van der Waals surface area contributed by atoms with Gasteiger partial charge in [0.25, 0.3) is 0 Å². The molecule has 0 aromatic carbocycles. The Hall–Kier alpha value is -1.95. The predicted octanol–water partition coefficient (Wildman–Crippen LogP) is 4.71. The first-order valence-corrected chi connectivity index (χ1v) is 10.8. The summed E-state index contributed by atoms with van der Waals surface area (Å²) in [7, 11) is 0. The van der Waals surface area contributed by atoms with Gasteiger partial charge in [0.1, 0.15) is 24.1 Å². The molecule has 1 saturated heterocycles. The molecule has 0 spiro atoms. The zero-order valence-electron chi connectivity index (χ0n) is 19.4. The second-order valence-electron chi connectivity index (χ2n) is 8.65. The van der Waals surface area contributed by atoms with Crippen LogP contribution < -0.4 is 0 Å². The summed E-state index contributed by atoms with van der Waals surface area (Å²) >= 11 is 0. The summed E-state index contributed by atoms with van der Waals surface area (Å²) in [6, 6.07) is 0. The zero-order valence-corrected chi connectivity index (χ0v) is 19.4. The van der Waals surface area contributed by atoms with Crippen molar-refractivity contribution in [2.45, 2.75) is 91.8 Å². The van der Waals surface area contributed by atoms with E-state index in [-0.39, 0.29) is 36.4 Å². The van der Waals surface area contributed by atoms with Crippen molar-refractivity contribution in [1.29, 1.82) is 0 Å². The molecule has 0 N–H and O–H groups in total. The lowest BCUT2D eigenvalue weighted by Crippen LogP contribution is -2.43. The minimum atomic E-state index is -0.620. The van der Waals surface area contributed by atoms with Crippen molar-refractivity contribution in [3.05, 3.63) is 23.3 Å². The van der Waals surface area contributed by atoms with Crippen LogP contribution in [0.2, 0.25) is 0 Å². The fourth-order valence-electron chi connectivity index (χ4n) is 3.53. The SMILES string of the molecule is CC(=O)OC/C=C1\CC[C@@H](OC(C)=O)C(C)(CCCC(C)C(=O)CC=C(C)C)OC1. The van der Waals surface area contributed by atoms with Crippen LogP contribution in [0.5, 0.6) is 0 Å². The molecular formula is C24H38O6. The third-order valence-corrected chi connectivity index (χ3v) is 5.53. The van der Waals surface area contributed by atoms with Crippen molar-refractivity contribution < 1.29 is 28.6 Å². The van der Waals surface area contributed by atoms with E-state index in [1.165, 1.54) is 13.8 Å². The molecule has 6 nitrogen and oxygen atoms in total. The number of hydrogen-bond acceptors (Lipinski definition) is 6. The Morgan fingerprint density at radius 1 is 1.20 bits per heavy atom. The predicted molar refractivity (Wildman–Crippen MR) is 116 cm³/mol. The number of allylic oxidation sites excluding steroid dienone is 2. The highest BCUT2D eigenvalue weighted by molar-refractivity contribution is 5.82. The largest absolute Gasteiger partial charge is 0.462 e. The van der Waals surface area contributed by atoms with Crippen molar-refractivity contribution in [1.82, 2.24) is 0 Å². The lowest BCUT2D eigenvalue weighted by Gasteiger charge is -2.35. The van der Waals surface area contributed by atoms with E-state index in [2.05, 4.69) is 0 Å². The molecule has 30 heavy (non-hydrogen) atoms. The zero-order chi connectivity index (χ0) is 22.7. The maximum atomic E-state index is 12.3. The van der Waals surface area contributed by atoms with Crippen LogP contribution >= 0.6 is 0 Å². The minimum absolute atomic E-state index is 0.0126. The molecule has 0 aromatic heterocycles. The second-order valence-corrected chi connectivity index (χ2v) is 8.65. The fraction of sp³-hybridized carbons (Fsp3) is 0.708. The van der Waals surface area contributed by atoms with E-state index >= 15 is 0 Å². The number of carbonyl (C=O) groups is 3. The highest BCUT2D eigenvalue weighted by atomic mass is 16.6. The van der Waals surface area contributed by atoms with Crippen molar-refractivity contribution in [3.8, 4) is 0 Å². The molecule has 0 amide bonds. The summed E-state index contributed by atoms with van der Waals surface area (Å²) in [5.41, 5.74) is 1.56. The van der Waals surface area contributed by atoms with Crippen LogP contribution in [0.4, 0.5) is 0 Å². The van der Waals surface area contributed by atoms with E-state index in [4.69, 9.17) is 14.2 Å². The van der Waals surface area contributed by atoms with E-state index in [1.54, 1.807) is 0 Å². The molecule has 0 bridgehead atoms. The number of ether oxygens (including phenoxy) is 3. The number of carbonyl (C=O) groups excluding carboxylic acids is 3. The van der Waals surface area contributed by atoms with Gasteiger partial charge >= 0.3 is 11.9 Å². The molecule has 6 heteroatoms. The van der Waals surface area contributed by atoms with Gasteiger partial charge in [0.05, 0.1) is 6.61 Å². The van der Waals surface area contributed by atoms with Gasteiger partial charge in [-0.25, -0.2) is 0 Å². The standard InChI is InChI=1S/C24H38O6/c1-17(2)9-11-22(27)18(3)8-7-14-24(6)23(30-20(5)26)12-10-21(16-29-24)13-15-28-19(4)25/h9,13,18,23H,7-8,10-12,14-16H2,1-6H3/b21-13+/t18?,23-,24?/m1/s1. The van der Waals surface area contributed by atoms with Gasteiger partial charge in [-0.15, -0.1) is 0 Å². The highest BCUT2D eigenvalue weighted by Crippen LogP contribution is 2.34. The average Bonchev–Trinajstić information content (AvgIpc) is 2.79. The number of esters is 2. The quantitative estimate of drug-likeness (QED) is 0.375. The van der Waals surface area contributed by atoms with Crippen molar-refractivity contribution in [2.75, 3.05) is 13.2 Å². The van der Waals surface area contributed by atoms with Crippen LogP contribution in [0, 0.1) is 5.92 Å². The molecule has 2 unspecified atom stereocenters. The molecule has 1 aliphatic heterocycles. The van der Waals surface area contributed by atoms with E-state index in [1.807, 2.05) is 39.8 Å². The number of hydrogen-bond donors (Lipinski definition) is 0. The van der Waals surface area contributed by atoms with E-state index in [9.17, 15) is 14.4 Å². The first kappa shape index (κ1) is 26.1. The summed E-state index contributed by atoms with van der Waals surface area (Å²) in [4.78, 5) is 34.9. The molecule has 3 atom stereocenters. The average molecular weight is 423 g/mol. The molecule has 170 valence electrons. The van der Waals surface area contributed by atoms with Gasteiger partial charge < -0.3 is 14.2 Å². The van der Waals surface area contributed by atoms with E-state index in [0.717, 1.165) is 24.0 Å². The van der Waals surface area contributed by atoms with Gasteiger partial charge in [-0.05, 0) is 64.5 Å². The minimum Gasteiger partial charge on any atom is -0.462 e. The molecule has 0 aliphatic carbocycles. The topological polar surface area (TPSA) is 78.9 Å². The summed E-state index contributed by atoms with van der Waals surface area (Å²) < 4.78 is 16.8. The van der Waals surface area contributed by atoms with Crippen LogP contribution in [0.25, 0.3) is 0 Å². The maximum absolute atomic E-state index is 12.3. The first-order valence-electron chi connectivity index (χ1n) is 10.8. The molecule has 0 aromatic rings. The summed E-state index contributed by atoms with van der Waals surface area (Å²) in [5, 5.41) is 0. The number of ketones is 1. The first-order chi connectivity index (χ1) is 14.0. The normalized spacial score (nSPS) is 23.9. The summed E-state index contributed by atoms with van der Waals surface area (Å²) in [5.74, 6) is -0.415. The van der Waals surface area contributed by atoms with Gasteiger partial charge in [0, 0.05) is 26.2 Å². The molecule has 1 heterocycles. The van der Waals surface area contributed by atoms with Crippen LogP contribution in [-0.4, -0.2) is 42.6 Å². The van der Waals surface area contributed by atoms with Crippen LogP contribution in [0.1, 0.15) is 80.1 Å². The second kappa shape index (κ2) is 12.7. The smallest absolute Gasteiger partial charge is 0.303 e. The number of Topliss-reactive ketones (excluding diaryl/α,β-unsaturated/α-hetero) is 1. The van der Waals surface area contributed by atoms with Crippen molar-refractivity contribution >= 4 is 17.7 Å². The van der Waals surface area contributed by atoms with Gasteiger partial charge in [0.2, 0.25) is 0 Å². The van der Waals surface area contributed by atoms with Crippen LogP contribution in [-0.2, 0) is 28.6 Å². The van der Waals surface area contributed by atoms with Gasteiger partial charge in [-0.1, -0.05) is 18.6 Å². The Bertz CT molecular complexity index is 659. The van der Waals surface area contributed by atoms with Crippen LogP contribution in [0.15, 0.2) is 23.3 Å². The molecule has 1 aliphatic rings. The summed E-state index contributed by atoms with van der Waals surface area (Å²) in [6.07, 6.45) is 7.59.